The van der Waals surface area contributed by atoms with Gasteiger partial charge < -0.3 is 0 Å². The van der Waals surface area contributed by atoms with E-state index in [0.717, 1.165) is 40.9 Å². The van der Waals surface area contributed by atoms with Crippen molar-refractivity contribution in [3.8, 4) is 22.5 Å². The van der Waals surface area contributed by atoms with Crippen molar-refractivity contribution in [2.75, 3.05) is 0 Å². The lowest BCUT2D eigenvalue weighted by molar-refractivity contribution is 0.665. The van der Waals surface area contributed by atoms with Crippen LogP contribution in [0.25, 0.3) is 32.9 Å². The molecule has 0 radical (unpaired) electrons. The molecule has 0 bridgehead atoms. The molecule has 3 heterocycles. The molecular weight excluding hydrogens is 410 g/mol. The van der Waals surface area contributed by atoms with E-state index in [1.54, 1.807) is 10.1 Å². The van der Waals surface area contributed by atoms with E-state index in [9.17, 15) is 4.79 Å². The summed E-state index contributed by atoms with van der Waals surface area (Å²) < 4.78 is 2.37. The van der Waals surface area contributed by atoms with Crippen molar-refractivity contribution >= 4 is 21.7 Å². The van der Waals surface area contributed by atoms with Gasteiger partial charge in [0.25, 0.3) is 5.56 Å². The highest BCUT2D eigenvalue weighted by molar-refractivity contribution is 7.16. The number of nitrogens with one attached hydrogen (secondary N) is 1. The van der Waals surface area contributed by atoms with Gasteiger partial charge in [-0.2, -0.15) is 5.21 Å². The minimum absolute atomic E-state index is 0.0255. The van der Waals surface area contributed by atoms with Crippen molar-refractivity contribution in [3.63, 3.8) is 0 Å². The molecule has 31 heavy (non-hydrogen) atoms. The topological polar surface area (TPSA) is 102 Å². The Labute approximate surface area is 181 Å². The maximum absolute atomic E-state index is 13.0. The van der Waals surface area contributed by atoms with E-state index < -0.39 is 0 Å². The number of rotatable bonds is 6. The number of benzene rings is 2. The highest BCUT2D eigenvalue weighted by Gasteiger charge is 2.14. The number of hydrogen-bond donors (Lipinski definition) is 1. The molecule has 9 heteroatoms. The van der Waals surface area contributed by atoms with Gasteiger partial charge in [-0.15, -0.1) is 21.5 Å². The first-order chi connectivity index (χ1) is 15.2. The molecule has 0 aliphatic rings. The van der Waals surface area contributed by atoms with Crippen LogP contribution in [0.1, 0.15) is 24.7 Å². The van der Waals surface area contributed by atoms with Crippen molar-refractivity contribution in [2.24, 2.45) is 0 Å². The third-order valence-corrected chi connectivity index (χ3v) is 5.93. The predicted molar refractivity (Wildman–Crippen MR) is 120 cm³/mol. The molecule has 0 saturated heterocycles. The van der Waals surface area contributed by atoms with Crippen LogP contribution in [0.15, 0.2) is 58.8 Å². The molecule has 3 aromatic heterocycles. The second-order valence-corrected chi connectivity index (χ2v) is 8.01. The molecule has 0 unspecified atom stereocenters. The minimum Gasteiger partial charge on any atom is -0.291 e. The number of thiazole rings is 1. The summed E-state index contributed by atoms with van der Waals surface area (Å²) in [5.41, 5.74) is 6.20. The van der Waals surface area contributed by atoms with Gasteiger partial charge in [0.1, 0.15) is 10.5 Å². The van der Waals surface area contributed by atoms with Crippen LogP contribution in [0.2, 0.25) is 0 Å². The molecule has 8 nitrogen and oxygen atoms in total. The van der Waals surface area contributed by atoms with Crippen molar-refractivity contribution in [1.82, 2.24) is 35.2 Å². The Hall–Kier alpha value is -3.72. The summed E-state index contributed by atoms with van der Waals surface area (Å²) in [6.45, 7) is 2.56. The molecule has 1 N–H and O–H groups in total. The highest BCUT2D eigenvalue weighted by atomic mass is 32.1. The monoisotopic (exact) mass is 429 g/mol. The lowest BCUT2D eigenvalue weighted by Gasteiger charge is -2.12. The van der Waals surface area contributed by atoms with Crippen LogP contribution in [0.5, 0.6) is 0 Å². The van der Waals surface area contributed by atoms with E-state index >= 15 is 0 Å². The standard InChI is InChI=1S/C22H19N7OS/c1-2-5-18-24-21-19(31-13-23-21)22(30)29(18)12-14-8-10-15(11-9-14)16-6-3-4-7-17(16)20-25-27-28-26-20/h3-4,6-11,13H,2,5,12H2,1H3,(H,25,26,27,28). The average molecular weight is 430 g/mol. The summed E-state index contributed by atoms with van der Waals surface area (Å²) in [6.07, 6.45) is 1.65. The van der Waals surface area contributed by atoms with Gasteiger partial charge in [-0.25, -0.2) is 9.97 Å². The fraction of sp³-hybridized carbons (Fsp3) is 0.182. The fourth-order valence-corrected chi connectivity index (χ4v) is 4.32. The van der Waals surface area contributed by atoms with Gasteiger partial charge in [0.2, 0.25) is 5.82 Å². The van der Waals surface area contributed by atoms with Gasteiger partial charge in [0.15, 0.2) is 5.65 Å². The normalized spacial score (nSPS) is 11.3. The van der Waals surface area contributed by atoms with Crippen molar-refractivity contribution in [3.05, 3.63) is 75.8 Å². The SMILES string of the molecule is CCCc1nc2ncsc2c(=O)n1Cc1ccc(-c2ccccc2-c2nn[nH]n2)cc1. The van der Waals surface area contributed by atoms with E-state index in [-0.39, 0.29) is 5.56 Å². The second-order valence-electron chi connectivity index (χ2n) is 7.15. The zero-order chi connectivity index (χ0) is 21.2. The van der Waals surface area contributed by atoms with Gasteiger partial charge in [0.05, 0.1) is 12.1 Å². The Bertz CT molecular complexity index is 1390. The van der Waals surface area contributed by atoms with Crippen LogP contribution in [-0.4, -0.2) is 35.2 Å². The zero-order valence-electron chi connectivity index (χ0n) is 16.8. The Morgan fingerprint density at radius 2 is 1.87 bits per heavy atom. The molecule has 0 aliphatic heterocycles. The maximum Gasteiger partial charge on any atom is 0.273 e. The quantitative estimate of drug-likeness (QED) is 0.442. The van der Waals surface area contributed by atoms with Crippen LogP contribution in [-0.2, 0) is 13.0 Å². The Morgan fingerprint density at radius 1 is 1.06 bits per heavy atom. The molecule has 0 saturated carbocycles. The van der Waals surface area contributed by atoms with Crippen LogP contribution in [0.4, 0.5) is 0 Å². The molecule has 2 aromatic carbocycles. The van der Waals surface area contributed by atoms with E-state index in [1.807, 2.05) is 36.4 Å². The lowest BCUT2D eigenvalue weighted by atomic mass is 9.98. The summed E-state index contributed by atoms with van der Waals surface area (Å²) >= 11 is 1.34. The third-order valence-electron chi connectivity index (χ3n) is 5.13. The molecule has 154 valence electrons. The highest BCUT2D eigenvalue weighted by Crippen LogP contribution is 2.29. The smallest absolute Gasteiger partial charge is 0.273 e. The Kier molecular flexibility index (Phi) is 5.09. The Morgan fingerprint density at radius 3 is 2.61 bits per heavy atom. The van der Waals surface area contributed by atoms with E-state index in [4.69, 9.17) is 0 Å². The van der Waals surface area contributed by atoms with Crippen LogP contribution >= 0.6 is 11.3 Å². The van der Waals surface area contributed by atoms with E-state index in [2.05, 4.69) is 49.6 Å². The van der Waals surface area contributed by atoms with Crippen LogP contribution in [0.3, 0.4) is 0 Å². The number of tetrazole rings is 1. The number of aryl methyl sites for hydroxylation is 1. The summed E-state index contributed by atoms with van der Waals surface area (Å²) in [7, 11) is 0. The molecule has 0 spiro atoms. The van der Waals surface area contributed by atoms with E-state index in [0.29, 0.717) is 22.7 Å². The first-order valence-electron chi connectivity index (χ1n) is 9.99. The van der Waals surface area contributed by atoms with Gasteiger partial charge in [-0.3, -0.25) is 9.36 Å². The van der Waals surface area contributed by atoms with Gasteiger partial charge >= 0.3 is 0 Å². The molecule has 5 aromatic rings. The zero-order valence-corrected chi connectivity index (χ0v) is 17.6. The third kappa shape index (κ3) is 3.64. The summed E-state index contributed by atoms with van der Waals surface area (Å²) in [5, 5.41) is 14.4. The Balaban J connectivity index is 1.50. The minimum atomic E-state index is -0.0255. The first-order valence-corrected chi connectivity index (χ1v) is 10.9. The lowest BCUT2D eigenvalue weighted by Crippen LogP contribution is -2.25. The van der Waals surface area contributed by atoms with Crippen LogP contribution < -0.4 is 5.56 Å². The molecule has 0 atom stereocenters. The number of H-pyrrole nitrogens is 1. The van der Waals surface area contributed by atoms with Crippen LogP contribution in [0, 0.1) is 0 Å². The summed E-state index contributed by atoms with van der Waals surface area (Å²) in [6, 6.07) is 16.1. The maximum atomic E-state index is 13.0. The van der Waals surface area contributed by atoms with Crippen molar-refractivity contribution in [2.45, 2.75) is 26.3 Å². The average Bonchev–Trinajstić information content (AvgIpc) is 3.49. The number of nitrogens with zero attached hydrogens (tertiary/aromatic N) is 6. The van der Waals surface area contributed by atoms with Crippen molar-refractivity contribution < 1.29 is 0 Å². The second kappa shape index (κ2) is 8.19. The predicted octanol–water partition coefficient (Wildman–Crippen LogP) is 3.70. The largest absolute Gasteiger partial charge is 0.291 e. The van der Waals surface area contributed by atoms with E-state index in [1.165, 1.54) is 11.3 Å². The number of aromatic amines is 1. The summed E-state index contributed by atoms with van der Waals surface area (Å²) in [4.78, 5) is 21.9. The number of fused-ring (bicyclic) bond motifs is 1. The molecule has 0 aliphatic carbocycles. The molecular formula is C22H19N7OS. The first kappa shape index (κ1) is 19.3. The number of hydrogen-bond acceptors (Lipinski definition) is 7. The fourth-order valence-electron chi connectivity index (χ4n) is 3.64. The van der Waals surface area contributed by atoms with Gasteiger partial charge in [-0.1, -0.05) is 55.5 Å². The molecule has 5 rings (SSSR count). The number of aromatic nitrogens is 7. The molecule has 0 amide bonds. The van der Waals surface area contributed by atoms with Crippen molar-refractivity contribution in [1.29, 1.82) is 0 Å². The summed E-state index contributed by atoms with van der Waals surface area (Å²) in [5.74, 6) is 1.33. The van der Waals surface area contributed by atoms with Gasteiger partial charge in [0, 0.05) is 12.0 Å². The molecule has 0 fully saturated rings. The van der Waals surface area contributed by atoms with Gasteiger partial charge in [-0.05, 0) is 28.3 Å².